The lowest BCUT2D eigenvalue weighted by Crippen LogP contribution is -2.55. The van der Waals surface area contributed by atoms with Crippen LogP contribution in [0.5, 0.6) is 0 Å². The molecule has 4 nitrogen and oxygen atoms in total. The van der Waals surface area contributed by atoms with Gasteiger partial charge in [0.1, 0.15) is 0 Å². The number of likely N-dealkylation sites (tertiary alicyclic amines) is 1. The predicted octanol–water partition coefficient (Wildman–Crippen LogP) is 3.80. The maximum Gasteiger partial charge on any atom is 0.225 e. The number of benzene rings is 1. The number of nitrogens with one attached hydrogen (secondary N) is 1. The highest BCUT2D eigenvalue weighted by atomic mass is 35.5. The van der Waals surface area contributed by atoms with E-state index < -0.39 is 17.2 Å². The molecule has 0 radical (unpaired) electrons. The van der Waals surface area contributed by atoms with Crippen LogP contribution in [0.15, 0.2) is 18.2 Å². The smallest absolute Gasteiger partial charge is 0.225 e. The summed E-state index contributed by atoms with van der Waals surface area (Å²) in [6.07, 6.45) is 5.66. The van der Waals surface area contributed by atoms with Crippen molar-refractivity contribution in [1.82, 2.24) is 10.2 Å². The van der Waals surface area contributed by atoms with Crippen LogP contribution in [-0.2, 0) is 11.3 Å². The Balaban J connectivity index is 0.00000196. The average molecular weight is 438 g/mol. The van der Waals surface area contributed by atoms with Gasteiger partial charge in [-0.2, -0.15) is 0 Å². The van der Waals surface area contributed by atoms with Gasteiger partial charge in [-0.1, -0.05) is 18.9 Å². The zero-order valence-corrected chi connectivity index (χ0v) is 17.9. The summed E-state index contributed by atoms with van der Waals surface area (Å²) < 4.78 is 26.3. The van der Waals surface area contributed by atoms with Crippen molar-refractivity contribution in [3.63, 3.8) is 0 Å². The number of carbonyl (C=O) groups is 1. The van der Waals surface area contributed by atoms with Crippen LogP contribution < -0.4 is 11.1 Å². The molecule has 0 bridgehead atoms. The van der Waals surface area contributed by atoms with Crippen molar-refractivity contribution in [3.8, 4) is 0 Å². The summed E-state index contributed by atoms with van der Waals surface area (Å²) >= 11 is 0. The van der Waals surface area contributed by atoms with Crippen LogP contribution in [0.3, 0.4) is 0 Å². The van der Waals surface area contributed by atoms with Crippen LogP contribution in [0.25, 0.3) is 0 Å². The van der Waals surface area contributed by atoms with Gasteiger partial charge in [0.05, 0.1) is 5.92 Å². The van der Waals surface area contributed by atoms with Gasteiger partial charge in [0, 0.05) is 31.2 Å². The monoisotopic (exact) mass is 437 g/mol. The molecule has 3 rings (SSSR count). The van der Waals surface area contributed by atoms with Crippen LogP contribution in [0.4, 0.5) is 8.78 Å². The van der Waals surface area contributed by atoms with Crippen molar-refractivity contribution in [2.45, 2.75) is 63.6 Å². The van der Waals surface area contributed by atoms with Crippen LogP contribution in [0, 0.1) is 17.6 Å². The fraction of sp³-hybridized carbons (Fsp3) is 0.650. The van der Waals surface area contributed by atoms with E-state index >= 15 is 0 Å². The van der Waals surface area contributed by atoms with Gasteiger partial charge in [0.15, 0.2) is 11.6 Å². The highest BCUT2D eigenvalue weighted by Gasteiger charge is 2.38. The van der Waals surface area contributed by atoms with Crippen molar-refractivity contribution < 1.29 is 13.6 Å². The van der Waals surface area contributed by atoms with Crippen molar-refractivity contribution >= 4 is 30.7 Å². The van der Waals surface area contributed by atoms with E-state index in [4.69, 9.17) is 5.73 Å². The van der Waals surface area contributed by atoms with E-state index in [1.165, 1.54) is 12.1 Å². The topological polar surface area (TPSA) is 58.4 Å². The lowest BCUT2D eigenvalue weighted by atomic mass is 9.74. The number of halogens is 4. The second-order valence-corrected chi connectivity index (χ2v) is 8.11. The molecule has 2 atom stereocenters. The molecule has 3 N–H and O–H groups in total. The van der Waals surface area contributed by atoms with E-state index in [1.807, 2.05) is 6.92 Å². The number of hydrogen-bond donors (Lipinski definition) is 2. The van der Waals surface area contributed by atoms with Crippen molar-refractivity contribution in [2.24, 2.45) is 11.7 Å². The minimum atomic E-state index is -0.815. The molecule has 1 saturated heterocycles. The van der Waals surface area contributed by atoms with E-state index in [2.05, 4.69) is 10.2 Å². The van der Waals surface area contributed by atoms with Crippen LogP contribution >= 0.6 is 24.8 Å². The van der Waals surface area contributed by atoms with E-state index in [9.17, 15) is 13.6 Å². The number of hydrogen-bond acceptors (Lipinski definition) is 3. The van der Waals surface area contributed by atoms with Crippen molar-refractivity contribution in [1.29, 1.82) is 0 Å². The molecule has 1 heterocycles. The van der Waals surface area contributed by atoms with Gasteiger partial charge >= 0.3 is 0 Å². The van der Waals surface area contributed by atoms with Gasteiger partial charge in [-0.3, -0.25) is 9.69 Å². The molecule has 2 fully saturated rings. The summed E-state index contributed by atoms with van der Waals surface area (Å²) in [5, 5.41) is 3.19. The third-order valence-electron chi connectivity index (χ3n) is 5.89. The lowest BCUT2D eigenvalue weighted by molar-refractivity contribution is -0.129. The molecular formula is C20H31Cl2F2N3O. The summed E-state index contributed by atoms with van der Waals surface area (Å²) in [5.74, 6) is -1.63. The van der Waals surface area contributed by atoms with E-state index in [0.29, 0.717) is 6.54 Å². The first kappa shape index (κ1) is 25.1. The molecule has 1 aliphatic heterocycles. The second kappa shape index (κ2) is 10.7. The molecule has 1 saturated carbocycles. The van der Waals surface area contributed by atoms with Crippen molar-refractivity contribution in [2.75, 3.05) is 13.1 Å². The third-order valence-corrected chi connectivity index (χ3v) is 5.89. The number of piperidine rings is 1. The second-order valence-electron chi connectivity index (χ2n) is 8.11. The van der Waals surface area contributed by atoms with E-state index in [0.717, 1.165) is 57.2 Å². The minimum Gasteiger partial charge on any atom is -0.353 e. The predicted molar refractivity (Wildman–Crippen MR) is 112 cm³/mol. The van der Waals surface area contributed by atoms with Crippen molar-refractivity contribution in [3.05, 3.63) is 35.4 Å². The highest BCUT2D eigenvalue weighted by Crippen LogP contribution is 2.32. The average Bonchev–Trinajstić information content (AvgIpc) is 2.59. The number of nitrogens with zero attached hydrogens (tertiary/aromatic N) is 1. The number of carbonyl (C=O) groups excluding carboxylic acids is 1. The van der Waals surface area contributed by atoms with Crippen LogP contribution in [0.2, 0.25) is 0 Å². The number of nitrogens with two attached hydrogens (primary N) is 1. The quantitative estimate of drug-likeness (QED) is 0.752. The standard InChI is InChI=1S/C20H29F2N3O.2ClH/c1-20(23)9-3-2-4-16(20)19(26)24-15-7-10-25(11-8-15)13-14-5-6-17(21)18(22)12-14;;/h5-6,12,15-16H,2-4,7-11,13,23H2,1H3,(H,24,26);2*1H. The first-order valence-corrected chi connectivity index (χ1v) is 9.61. The largest absolute Gasteiger partial charge is 0.353 e. The SMILES string of the molecule is CC1(N)CCCCC1C(=O)NC1CCN(Cc2ccc(F)c(F)c2)CC1.Cl.Cl. The van der Waals surface area contributed by atoms with Gasteiger partial charge in [-0.25, -0.2) is 8.78 Å². The zero-order valence-electron chi connectivity index (χ0n) is 16.3. The molecule has 1 amide bonds. The summed E-state index contributed by atoms with van der Waals surface area (Å²) in [4.78, 5) is 14.9. The van der Waals surface area contributed by atoms with Crippen LogP contribution in [-0.4, -0.2) is 35.5 Å². The molecule has 28 heavy (non-hydrogen) atoms. The number of amides is 1. The Labute approximate surface area is 178 Å². The fourth-order valence-electron chi connectivity index (χ4n) is 4.22. The molecule has 1 aromatic carbocycles. The third kappa shape index (κ3) is 6.28. The first-order chi connectivity index (χ1) is 12.3. The Hall–Kier alpha value is -0.950. The Morgan fingerprint density at radius 2 is 1.86 bits per heavy atom. The highest BCUT2D eigenvalue weighted by molar-refractivity contribution is 5.85. The molecule has 0 aromatic heterocycles. The molecule has 2 aliphatic rings. The van der Waals surface area contributed by atoms with Crippen LogP contribution in [0.1, 0.15) is 51.0 Å². The Morgan fingerprint density at radius 1 is 1.18 bits per heavy atom. The summed E-state index contributed by atoms with van der Waals surface area (Å²) in [5.41, 5.74) is 6.70. The van der Waals surface area contributed by atoms with Gasteiger partial charge in [0.25, 0.3) is 0 Å². The molecule has 1 aliphatic carbocycles. The summed E-state index contributed by atoms with van der Waals surface area (Å²) in [6, 6.07) is 4.22. The molecular weight excluding hydrogens is 407 g/mol. The molecule has 0 spiro atoms. The summed E-state index contributed by atoms with van der Waals surface area (Å²) in [6.45, 7) is 4.24. The Morgan fingerprint density at radius 3 is 2.46 bits per heavy atom. The maximum absolute atomic E-state index is 13.3. The minimum absolute atomic E-state index is 0. The fourth-order valence-corrected chi connectivity index (χ4v) is 4.22. The Bertz CT molecular complexity index is 652. The van der Waals surface area contributed by atoms with Gasteiger partial charge in [-0.15, -0.1) is 24.8 Å². The van der Waals surface area contributed by atoms with Gasteiger partial charge < -0.3 is 11.1 Å². The molecule has 8 heteroatoms. The molecule has 160 valence electrons. The number of rotatable bonds is 4. The zero-order chi connectivity index (χ0) is 18.7. The Kier molecular flexibility index (Phi) is 9.60. The maximum atomic E-state index is 13.3. The molecule has 1 aromatic rings. The molecule has 2 unspecified atom stereocenters. The normalized spacial score (nSPS) is 26.1. The summed E-state index contributed by atoms with van der Waals surface area (Å²) in [7, 11) is 0. The van der Waals surface area contributed by atoms with Gasteiger partial charge in [0.2, 0.25) is 5.91 Å². The van der Waals surface area contributed by atoms with Gasteiger partial charge in [-0.05, 0) is 50.3 Å². The van der Waals surface area contributed by atoms with E-state index in [1.54, 1.807) is 6.07 Å². The lowest BCUT2D eigenvalue weighted by Gasteiger charge is -2.39. The first-order valence-electron chi connectivity index (χ1n) is 9.61. The van der Waals surface area contributed by atoms with E-state index in [-0.39, 0.29) is 42.7 Å².